The lowest BCUT2D eigenvalue weighted by molar-refractivity contribution is -0.119. The summed E-state index contributed by atoms with van der Waals surface area (Å²) in [7, 11) is 0. The molecule has 1 heterocycles. The van der Waals surface area contributed by atoms with Gasteiger partial charge in [0.25, 0.3) is 5.91 Å². The monoisotopic (exact) mass is 433 g/mol. The second kappa shape index (κ2) is 9.66. The largest absolute Gasteiger partial charge is 0.451 e. The van der Waals surface area contributed by atoms with Gasteiger partial charge in [-0.05, 0) is 73.2 Å². The summed E-state index contributed by atoms with van der Waals surface area (Å²) in [6.45, 7) is 1.90. The molecule has 0 radical (unpaired) electrons. The van der Waals surface area contributed by atoms with Crippen LogP contribution in [0.25, 0.3) is 0 Å². The third kappa shape index (κ3) is 5.64. The van der Waals surface area contributed by atoms with E-state index in [2.05, 4.69) is 22.5 Å². The maximum atomic E-state index is 12.3. The SMILES string of the molecule is CC1CCc2sc(C(=O)OCC(=O)Nc3ccc(N=Nc4ccccc4)cc3)cc2C1. The van der Waals surface area contributed by atoms with Crippen LogP contribution in [0.2, 0.25) is 0 Å². The third-order valence-electron chi connectivity index (χ3n) is 5.05. The first-order valence-electron chi connectivity index (χ1n) is 10.2. The van der Waals surface area contributed by atoms with E-state index in [4.69, 9.17) is 4.74 Å². The molecule has 1 amide bonds. The summed E-state index contributed by atoms with van der Waals surface area (Å²) in [5, 5.41) is 11.0. The van der Waals surface area contributed by atoms with E-state index in [9.17, 15) is 9.59 Å². The van der Waals surface area contributed by atoms with Gasteiger partial charge in [-0.15, -0.1) is 11.3 Å². The van der Waals surface area contributed by atoms with Gasteiger partial charge in [-0.2, -0.15) is 10.2 Å². The molecule has 6 nitrogen and oxygen atoms in total. The van der Waals surface area contributed by atoms with Gasteiger partial charge in [0.05, 0.1) is 11.4 Å². The molecule has 0 spiro atoms. The van der Waals surface area contributed by atoms with Crippen LogP contribution in [0.4, 0.5) is 17.1 Å². The van der Waals surface area contributed by atoms with Gasteiger partial charge in [0.15, 0.2) is 6.61 Å². The zero-order valence-electron chi connectivity index (χ0n) is 17.2. The molecule has 1 unspecified atom stereocenters. The fourth-order valence-corrected chi connectivity index (χ4v) is 4.53. The van der Waals surface area contributed by atoms with E-state index in [1.165, 1.54) is 21.8 Å². The predicted octanol–water partition coefficient (Wildman–Crippen LogP) is 6.08. The summed E-state index contributed by atoms with van der Waals surface area (Å²) < 4.78 is 5.20. The highest BCUT2D eigenvalue weighted by Gasteiger charge is 2.21. The number of carbonyl (C=O) groups is 2. The number of hydrogen-bond donors (Lipinski definition) is 1. The standard InChI is InChI=1S/C24H23N3O3S/c1-16-7-12-21-17(13-16)14-22(31-21)24(29)30-15-23(28)25-18-8-10-20(11-9-18)27-26-19-5-3-2-4-6-19/h2-6,8-11,14,16H,7,12-13,15H2,1H3,(H,25,28). The molecule has 1 N–H and O–H groups in total. The molecule has 0 aliphatic heterocycles. The number of carbonyl (C=O) groups excluding carboxylic acids is 2. The first-order chi connectivity index (χ1) is 15.1. The first-order valence-corrected chi connectivity index (χ1v) is 11.0. The number of hydrogen-bond acceptors (Lipinski definition) is 6. The molecular formula is C24H23N3O3S. The number of ether oxygens (including phenoxy) is 1. The summed E-state index contributed by atoms with van der Waals surface area (Å²) in [6.07, 6.45) is 3.16. The molecule has 0 saturated carbocycles. The highest BCUT2D eigenvalue weighted by atomic mass is 32.1. The molecular weight excluding hydrogens is 410 g/mol. The van der Waals surface area contributed by atoms with Gasteiger partial charge in [0.1, 0.15) is 4.88 Å². The lowest BCUT2D eigenvalue weighted by atomic mass is 9.90. The Morgan fingerprint density at radius 1 is 1.06 bits per heavy atom. The molecule has 0 bridgehead atoms. The minimum Gasteiger partial charge on any atom is -0.451 e. The molecule has 0 fully saturated rings. The van der Waals surface area contributed by atoms with Crippen LogP contribution in [0.1, 0.15) is 33.5 Å². The Kier molecular flexibility index (Phi) is 6.52. The number of amides is 1. The molecule has 7 heteroatoms. The second-order valence-electron chi connectivity index (χ2n) is 7.61. The molecule has 158 valence electrons. The summed E-state index contributed by atoms with van der Waals surface area (Å²) in [5.41, 5.74) is 3.27. The maximum Gasteiger partial charge on any atom is 0.348 e. The number of thiophene rings is 1. The summed E-state index contributed by atoms with van der Waals surface area (Å²) >= 11 is 1.48. The Hall–Kier alpha value is -3.32. The highest BCUT2D eigenvalue weighted by molar-refractivity contribution is 7.14. The lowest BCUT2D eigenvalue weighted by Crippen LogP contribution is -2.20. The third-order valence-corrected chi connectivity index (χ3v) is 6.27. The van der Waals surface area contributed by atoms with Crippen molar-refractivity contribution in [1.29, 1.82) is 0 Å². The maximum absolute atomic E-state index is 12.3. The number of nitrogens with zero attached hydrogens (tertiary/aromatic N) is 2. The van der Waals surface area contributed by atoms with Crippen LogP contribution in [0, 0.1) is 5.92 Å². The second-order valence-corrected chi connectivity index (χ2v) is 8.75. The Bertz CT molecular complexity index is 1090. The van der Waals surface area contributed by atoms with Crippen LogP contribution in [-0.4, -0.2) is 18.5 Å². The zero-order chi connectivity index (χ0) is 21.6. The number of esters is 1. The number of nitrogens with one attached hydrogen (secondary N) is 1. The topological polar surface area (TPSA) is 80.1 Å². The van der Waals surface area contributed by atoms with Crippen LogP contribution < -0.4 is 5.32 Å². The van der Waals surface area contributed by atoms with Crippen molar-refractivity contribution in [3.05, 3.63) is 76.0 Å². The average Bonchev–Trinajstić information content (AvgIpc) is 3.21. The van der Waals surface area contributed by atoms with E-state index < -0.39 is 5.97 Å². The zero-order valence-corrected chi connectivity index (χ0v) is 18.0. The minimum atomic E-state index is -0.445. The molecule has 1 aliphatic carbocycles. The lowest BCUT2D eigenvalue weighted by Gasteiger charge is -2.16. The van der Waals surface area contributed by atoms with E-state index in [-0.39, 0.29) is 12.5 Å². The number of benzene rings is 2. The van der Waals surface area contributed by atoms with Crippen molar-refractivity contribution in [3.63, 3.8) is 0 Å². The van der Waals surface area contributed by atoms with E-state index in [0.717, 1.165) is 24.9 Å². The van der Waals surface area contributed by atoms with Crippen LogP contribution in [0.5, 0.6) is 0 Å². The highest BCUT2D eigenvalue weighted by Crippen LogP contribution is 2.32. The van der Waals surface area contributed by atoms with Crippen molar-refractivity contribution >= 4 is 40.3 Å². The fraction of sp³-hybridized carbons (Fsp3) is 0.250. The summed E-state index contributed by atoms with van der Waals surface area (Å²) in [4.78, 5) is 26.3. The molecule has 1 atom stereocenters. The van der Waals surface area contributed by atoms with Crippen molar-refractivity contribution in [1.82, 2.24) is 0 Å². The van der Waals surface area contributed by atoms with Crippen molar-refractivity contribution in [2.45, 2.75) is 26.2 Å². The quantitative estimate of drug-likeness (QED) is 0.378. The van der Waals surface area contributed by atoms with Crippen LogP contribution in [-0.2, 0) is 22.4 Å². The van der Waals surface area contributed by atoms with Gasteiger partial charge < -0.3 is 10.1 Å². The van der Waals surface area contributed by atoms with Gasteiger partial charge in [-0.3, -0.25) is 4.79 Å². The Labute approximate surface area is 185 Å². The van der Waals surface area contributed by atoms with Gasteiger partial charge in [0, 0.05) is 10.6 Å². The number of fused-ring (bicyclic) bond motifs is 1. The predicted molar refractivity (Wildman–Crippen MR) is 121 cm³/mol. The van der Waals surface area contributed by atoms with Crippen LogP contribution in [0.3, 0.4) is 0 Å². The Balaban J connectivity index is 1.27. The van der Waals surface area contributed by atoms with Crippen molar-refractivity contribution < 1.29 is 14.3 Å². The Morgan fingerprint density at radius 3 is 2.52 bits per heavy atom. The number of azo groups is 1. The Morgan fingerprint density at radius 2 is 1.77 bits per heavy atom. The number of aryl methyl sites for hydroxylation is 1. The van der Waals surface area contributed by atoms with Gasteiger partial charge in [-0.25, -0.2) is 4.79 Å². The molecule has 4 rings (SSSR count). The first kappa shape index (κ1) is 20.9. The van der Waals surface area contributed by atoms with Crippen molar-refractivity contribution in [3.8, 4) is 0 Å². The van der Waals surface area contributed by atoms with Crippen molar-refractivity contribution in [2.75, 3.05) is 11.9 Å². The van der Waals surface area contributed by atoms with E-state index >= 15 is 0 Å². The van der Waals surface area contributed by atoms with Crippen LogP contribution >= 0.6 is 11.3 Å². The van der Waals surface area contributed by atoms with Crippen molar-refractivity contribution in [2.24, 2.45) is 16.1 Å². The smallest absolute Gasteiger partial charge is 0.348 e. The van der Waals surface area contributed by atoms with E-state index in [1.807, 2.05) is 36.4 Å². The molecule has 1 aliphatic rings. The van der Waals surface area contributed by atoms with Gasteiger partial charge >= 0.3 is 5.97 Å². The van der Waals surface area contributed by atoms with E-state index in [1.54, 1.807) is 24.3 Å². The molecule has 3 aromatic rings. The minimum absolute atomic E-state index is 0.326. The van der Waals surface area contributed by atoms with Crippen LogP contribution in [0.15, 0.2) is 70.9 Å². The molecule has 1 aromatic heterocycles. The molecule has 2 aromatic carbocycles. The van der Waals surface area contributed by atoms with E-state index in [0.29, 0.717) is 22.2 Å². The number of rotatable bonds is 6. The van der Waals surface area contributed by atoms with Gasteiger partial charge in [-0.1, -0.05) is 25.1 Å². The molecule has 31 heavy (non-hydrogen) atoms. The summed E-state index contributed by atoms with van der Waals surface area (Å²) in [5.74, 6) is -0.191. The summed E-state index contributed by atoms with van der Waals surface area (Å²) in [6, 6.07) is 18.3. The average molecular weight is 434 g/mol. The van der Waals surface area contributed by atoms with Gasteiger partial charge in [0.2, 0.25) is 0 Å². The normalized spacial score (nSPS) is 15.5. The molecule has 0 saturated heterocycles. The number of anilines is 1. The fourth-order valence-electron chi connectivity index (χ4n) is 3.43.